The molecular formula is C15H29NO8. The smallest absolute Gasteiger partial charge is 0.364 e. The van der Waals surface area contributed by atoms with Crippen molar-refractivity contribution in [3.63, 3.8) is 0 Å². The Bertz CT molecular complexity index is 396. The summed E-state index contributed by atoms with van der Waals surface area (Å²) in [6, 6.07) is 0. The minimum absolute atomic E-state index is 0.0960. The molecule has 9 nitrogen and oxygen atoms in total. The number of aliphatic hydroxyl groups excluding tert-OH is 4. The Kier molecular flexibility index (Phi) is 8.51. The highest BCUT2D eigenvalue weighted by Gasteiger charge is 2.54. The molecule has 1 aliphatic heterocycles. The number of carbonyl (C=O) groups is 1. The van der Waals surface area contributed by atoms with Gasteiger partial charge in [0.15, 0.2) is 0 Å². The zero-order valence-electron chi connectivity index (χ0n) is 13.9. The highest BCUT2D eigenvalue weighted by molar-refractivity contribution is 5.76. The molecule has 6 atom stereocenters. The summed E-state index contributed by atoms with van der Waals surface area (Å²) in [4.78, 5) is 11.7. The third-order valence-corrected chi connectivity index (χ3v) is 4.36. The second-order valence-corrected chi connectivity index (χ2v) is 6.21. The van der Waals surface area contributed by atoms with E-state index < -0.39 is 48.7 Å². The molecule has 0 aromatic heterocycles. The van der Waals surface area contributed by atoms with E-state index in [9.17, 15) is 25.2 Å². The number of hydrogen-bond donors (Lipinski definition) is 6. The second kappa shape index (κ2) is 9.62. The first kappa shape index (κ1) is 21.2. The number of carboxylic acid groups (broad SMARTS) is 1. The van der Waals surface area contributed by atoms with Gasteiger partial charge in [0.05, 0.1) is 25.4 Å². The van der Waals surface area contributed by atoms with Gasteiger partial charge in [-0.15, -0.1) is 0 Å². The molecule has 0 aromatic carbocycles. The minimum atomic E-state index is -2.10. The van der Waals surface area contributed by atoms with Crippen LogP contribution >= 0.6 is 0 Å². The number of aliphatic hydroxyl groups is 4. The van der Waals surface area contributed by atoms with Crippen LogP contribution in [0, 0.1) is 5.92 Å². The van der Waals surface area contributed by atoms with Gasteiger partial charge in [-0.2, -0.15) is 0 Å². The van der Waals surface area contributed by atoms with Crippen molar-refractivity contribution in [3.05, 3.63) is 0 Å². The van der Waals surface area contributed by atoms with Crippen molar-refractivity contribution in [1.29, 1.82) is 0 Å². The number of aliphatic carboxylic acids is 1. The average molecular weight is 351 g/mol. The third kappa shape index (κ3) is 5.09. The zero-order chi connectivity index (χ0) is 18.3. The van der Waals surface area contributed by atoms with Crippen LogP contribution in [0.3, 0.4) is 0 Å². The topological polar surface area (TPSA) is 163 Å². The normalized spacial score (nSPS) is 33.2. The molecule has 0 spiro atoms. The molecule has 1 saturated heterocycles. The molecule has 1 heterocycles. The molecule has 24 heavy (non-hydrogen) atoms. The monoisotopic (exact) mass is 351 g/mol. The zero-order valence-corrected chi connectivity index (χ0v) is 13.9. The molecule has 0 saturated carbocycles. The number of carboxylic acids is 1. The van der Waals surface area contributed by atoms with Crippen molar-refractivity contribution < 1.29 is 39.8 Å². The van der Waals surface area contributed by atoms with Crippen LogP contribution in [0.2, 0.25) is 0 Å². The van der Waals surface area contributed by atoms with Crippen LogP contribution in [-0.2, 0) is 14.3 Å². The van der Waals surface area contributed by atoms with Crippen LogP contribution in [0.5, 0.6) is 0 Å². The molecule has 1 fully saturated rings. The summed E-state index contributed by atoms with van der Waals surface area (Å²) in [5, 5.41) is 48.3. The van der Waals surface area contributed by atoms with Crippen molar-refractivity contribution in [2.24, 2.45) is 11.7 Å². The molecular weight excluding hydrogens is 322 g/mol. The maximum atomic E-state index is 11.7. The number of unbranched alkanes of at least 4 members (excludes halogenated alkanes) is 2. The molecule has 142 valence electrons. The predicted molar refractivity (Wildman–Crippen MR) is 83.0 cm³/mol. The fourth-order valence-corrected chi connectivity index (χ4v) is 2.72. The van der Waals surface area contributed by atoms with E-state index in [1.165, 1.54) is 0 Å². The van der Waals surface area contributed by atoms with Gasteiger partial charge in [-0.05, 0) is 25.8 Å². The van der Waals surface area contributed by atoms with E-state index in [1.807, 2.05) is 0 Å². The van der Waals surface area contributed by atoms with Crippen LogP contribution < -0.4 is 5.73 Å². The molecule has 0 aromatic rings. The summed E-state index contributed by atoms with van der Waals surface area (Å²) in [6.07, 6.45) is -3.54. The van der Waals surface area contributed by atoms with Gasteiger partial charge in [0.25, 0.3) is 5.79 Å². The maximum absolute atomic E-state index is 11.7. The summed E-state index contributed by atoms with van der Waals surface area (Å²) in [5.41, 5.74) is 5.39. The number of ether oxygens (including phenoxy) is 2. The van der Waals surface area contributed by atoms with Gasteiger partial charge in [0.2, 0.25) is 0 Å². The molecule has 9 heteroatoms. The van der Waals surface area contributed by atoms with E-state index in [0.29, 0.717) is 13.0 Å². The van der Waals surface area contributed by atoms with Gasteiger partial charge >= 0.3 is 5.97 Å². The lowest BCUT2D eigenvalue weighted by Crippen LogP contribution is -2.61. The maximum Gasteiger partial charge on any atom is 0.364 e. The van der Waals surface area contributed by atoms with Gasteiger partial charge in [-0.3, -0.25) is 0 Å². The number of hydrogen-bond acceptors (Lipinski definition) is 8. The first-order chi connectivity index (χ1) is 11.3. The summed E-state index contributed by atoms with van der Waals surface area (Å²) in [6.45, 7) is 1.47. The Morgan fingerprint density at radius 3 is 2.58 bits per heavy atom. The van der Waals surface area contributed by atoms with Crippen LogP contribution in [0.25, 0.3) is 0 Å². The Balaban J connectivity index is 2.85. The Morgan fingerprint density at radius 1 is 1.38 bits per heavy atom. The van der Waals surface area contributed by atoms with Crippen LogP contribution in [0.4, 0.5) is 0 Å². The quantitative estimate of drug-likeness (QED) is 0.255. The molecule has 0 aliphatic carbocycles. The summed E-state index contributed by atoms with van der Waals surface area (Å²) < 4.78 is 10.9. The Labute approximate surface area is 141 Å². The standard InChI is InChI=1S/C15H29NO8/c1-9-10(18)7-15(14(21)22,23-6-4-2-3-5-16)24-13(9)12(20)11(19)8-17/h9-13,17-20H,2-8,16H2,1H3,(H,21,22)/t9-,10?,11-,12-,13-,15?/m1/s1. The summed E-state index contributed by atoms with van der Waals surface area (Å²) in [7, 11) is 0. The van der Waals surface area contributed by atoms with Gasteiger partial charge in [-0.1, -0.05) is 6.92 Å². The SMILES string of the molecule is C[C@@H]1C(O)CC(OCCCCCN)(C(=O)O)O[C@H]1[C@H](O)[C@H](O)CO. The lowest BCUT2D eigenvalue weighted by molar-refractivity contribution is -0.318. The lowest BCUT2D eigenvalue weighted by atomic mass is 9.84. The molecule has 0 amide bonds. The molecule has 0 bridgehead atoms. The van der Waals surface area contributed by atoms with Crippen LogP contribution in [0.1, 0.15) is 32.6 Å². The molecule has 1 aliphatic rings. The molecule has 1 rings (SSSR count). The first-order valence-corrected chi connectivity index (χ1v) is 8.19. The highest BCUT2D eigenvalue weighted by atomic mass is 16.7. The van der Waals surface area contributed by atoms with Crippen molar-refractivity contribution in [2.45, 2.75) is 62.8 Å². The third-order valence-electron chi connectivity index (χ3n) is 4.36. The van der Waals surface area contributed by atoms with E-state index in [-0.39, 0.29) is 13.0 Å². The minimum Gasteiger partial charge on any atom is -0.477 e. The van der Waals surface area contributed by atoms with E-state index in [2.05, 4.69) is 0 Å². The van der Waals surface area contributed by atoms with Crippen molar-refractivity contribution in [3.8, 4) is 0 Å². The molecule has 7 N–H and O–H groups in total. The van der Waals surface area contributed by atoms with Gasteiger partial charge in [0.1, 0.15) is 12.2 Å². The van der Waals surface area contributed by atoms with E-state index in [0.717, 1.165) is 12.8 Å². The fourth-order valence-electron chi connectivity index (χ4n) is 2.72. The lowest BCUT2D eigenvalue weighted by Gasteiger charge is -2.45. The largest absolute Gasteiger partial charge is 0.477 e. The van der Waals surface area contributed by atoms with Gasteiger partial charge in [-0.25, -0.2) is 4.79 Å². The Hall–Kier alpha value is -0.810. The predicted octanol–water partition coefficient (Wildman–Crippen LogP) is -1.59. The summed E-state index contributed by atoms with van der Waals surface area (Å²) >= 11 is 0. The summed E-state index contributed by atoms with van der Waals surface area (Å²) in [5.74, 6) is -4.16. The van der Waals surface area contributed by atoms with Crippen molar-refractivity contribution in [2.75, 3.05) is 19.8 Å². The number of nitrogens with two attached hydrogens (primary N) is 1. The van der Waals surface area contributed by atoms with E-state index in [4.69, 9.17) is 20.3 Å². The molecule has 2 unspecified atom stereocenters. The van der Waals surface area contributed by atoms with Crippen molar-refractivity contribution >= 4 is 5.97 Å². The van der Waals surface area contributed by atoms with E-state index in [1.54, 1.807) is 6.92 Å². The van der Waals surface area contributed by atoms with Crippen LogP contribution in [-0.4, -0.2) is 81.5 Å². The fraction of sp³-hybridized carbons (Fsp3) is 0.933. The van der Waals surface area contributed by atoms with Gasteiger partial charge < -0.3 is 40.7 Å². The van der Waals surface area contributed by atoms with Gasteiger partial charge in [0, 0.05) is 12.3 Å². The molecule has 0 radical (unpaired) electrons. The highest BCUT2D eigenvalue weighted by Crippen LogP contribution is 2.36. The number of rotatable bonds is 10. The average Bonchev–Trinajstić information content (AvgIpc) is 2.56. The van der Waals surface area contributed by atoms with E-state index >= 15 is 0 Å². The van der Waals surface area contributed by atoms with Crippen molar-refractivity contribution in [1.82, 2.24) is 0 Å². The Morgan fingerprint density at radius 2 is 2.04 bits per heavy atom. The first-order valence-electron chi connectivity index (χ1n) is 8.19. The second-order valence-electron chi connectivity index (χ2n) is 6.21. The van der Waals surface area contributed by atoms with Crippen LogP contribution in [0.15, 0.2) is 0 Å².